The third kappa shape index (κ3) is 3.31. The highest BCUT2D eigenvalue weighted by molar-refractivity contribution is 5.82. The summed E-state index contributed by atoms with van der Waals surface area (Å²) in [7, 11) is 0. The van der Waals surface area contributed by atoms with Crippen LogP contribution in [-0.2, 0) is 21.6 Å². The molecule has 0 radical (unpaired) electrons. The second-order valence-electron chi connectivity index (χ2n) is 8.36. The number of carbonyl (C=O) groups is 1. The van der Waals surface area contributed by atoms with Crippen LogP contribution in [0.2, 0.25) is 0 Å². The Morgan fingerprint density at radius 2 is 1.96 bits per heavy atom. The molecule has 0 unspecified atom stereocenters. The first kappa shape index (κ1) is 19.0. The molecular weight excluding hydrogens is 354 g/mol. The molecule has 2 aliphatic heterocycles. The third-order valence-corrected chi connectivity index (χ3v) is 5.91. The van der Waals surface area contributed by atoms with Gasteiger partial charge in [0.1, 0.15) is 5.60 Å². The van der Waals surface area contributed by atoms with Crippen molar-refractivity contribution < 1.29 is 14.6 Å². The minimum atomic E-state index is -0.752. The number of aromatic nitrogens is 2. The van der Waals surface area contributed by atoms with Crippen molar-refractivity contribution in [2.75, 3.05) is 26.3 Å². The quantitative estimate of drug-likeness (QED) is 0.884. The second-order valence-corrected chi connectivity index (χ2v) is 8.36. The number of hydrogen-bond donors (Lipinski definition) is 1. The summed E-state index contributed by atoms with van der Waals surface area (Å²) >= 11 is 0. The molecule has 28 heavy (non-hydrogen) atoms. The summed E-state index contributed by atoms with van der Waals surface area (Å²) in [5, 5.41) is 9.52. The van der Waals surface area contributed by atoms with Crippen LogP contribution >= 0.6 is 0 Å². The van der Waals surface area contributed by atoms with Crippen molar-refractivity contribution in [3.05, 3.63) is 47.8 Å². The van der Waals surface area contributed by atoms with Crippen LogP contribution in [-0.4, -0.2) is 52.2 Å². The van der Waals surface area contributed by atoms with Crippen LogP contribution in [0, 0.1) is 5.41 Å². The lowest BCUT2D eigenvalue weighted by molar-refractivity contribution is -0.151. The largest absolute Gasteiger partial charge is 0.395 e. The highest BCUT2D eigenvalue weighted by atomic mass is 16.5. The molecule has 0 bridgehead atoms. The first-order chi connectivity index (χ1) is 13.5. The number of hydrogen-bond acceptors (Lipinski definition) is 5. The zero-order valence-electron chi connectivity index (χ0n) is 16.5. The molecule has 1 fully saturated rings. The van der Waals surface area contributed by atoms with Crippen molar-refractivity contribution in [2.24, 2.45) is 5.41 Å². The highest BCUT2D eigenvalue weighted by Crippen LogP contribution is 2.41. The maximum atomic E-state index is 12.7. The zero-order valence-corrected chi connectivity index (χ0v) is 16.5. The predicted octanol–water partition coefficient (Wildman–Crippen LogP) is 2.55. The lowest BCUT2D eigenvalue weighted by Gasteiger charge is -2.45. The molecule has 4 rings (SSSR count). The fourth-order valence-electron chi connectivity index (χ4n) is 4.08. The van der Waals surface area contributed by atoms with E-state index in [9.17, 15) is 9.90 Å². The number of likely N-dealkylation sites (tertiary alicyclic amines) is 1. The zero-order chi connectivity index (χ0) is 19.8. The van der Waals surface area contributed by atoms with Gasteiger partial charge < -0.3 is 14.7 Å². The average Bonchev–Trinajstić information content (AvgIpc) is 2.74. The summed E-state index contributed by atoms with van der Waals surface area (Å²) < 4.78 is 6.29. The average molecular weight is 381 g/mol. The molecule has 2 aromatic rings. The number of carbonyl (C=O) groups excluding carboxylic acids is 1. The number of rotatable bonds is 3. The van der Waals surface area contributed by atoms with Gasteiger partial charge in [-0.3, -0.25) is 4.79 Å². The molecule has 1 amide bonds. The first-order valence-corrected chi connectivity index (χ1v) is 9.91. The molecule has 1 saturated heterocycles. The maximum Gasteiger partial charge on any atom is 0.230 e. The maximum absolute atomic E-state index is 12.7. The van der Waals surface area contributed by atoms with Crippen LogP contribution in [0.1, 0.15) is 37.9 Å². The fraction of sp³-hybridized carbons (Fsp3) is 0.500. The summed E-state index contributed by atoms with van der Waals surface area (Å²) in [6, 6.07) is 9.97. The van der Waals surface area contributed by atoms with E-state index < -0.39 is 11.0 Å². The number of piperidine rings is 1. The summed E-state index contributed by atoms with van der Waals surface area (Å²) in [4.78, 5) is 24.0. The van der Waals surface area contributed by atoms with Crippen LogP contribution in [0.25, 0.3) is 11.4 Å². The molecule has 1 spiro atoms. The number of amides is 1. The Labute approximate surface area is 165 Å². The SMILES string of the molecule is CC(C)(CO)C(=O)N1CCC2(CC1)OCCc1cnc(-c3ccccc3)nc12. The molecule has 1 aromatic heterocycles. The molecule has 148 valence electrons. The lowest BCUT2D eigenvalue weighted by Crippen LogP contribution is -2.52. The van der Waals surface area contributed by atoms with E-state index in [0.717, 1.165) is 23.2 Å². The minimum absolute atomic E-state index is 0.00598. The molecule has 3 heterocycles. The van der Waals surface area contributed by atoms with Gasteiger partial charge in [-0.25, -0.2) is 9.97 Å². The van der Waals surface area contributed by atoms with E-state index in [1.165, 1.54) is 0 Å². The summed E-state index contributed by atoms with van der Waals surface area (Å²) in [5.74, 6) is 0.706. The smallest absolute Gasteiger partial charge is 0.230 e. The molecule has 2 aliphatic rings. The van der Waals surface area contributed by atoms with Crippen molar-refractivity contribution in [3.8, 4) is 11.4 Å². The Kier molecular flexibility index (Phi) is 4.93. The third-order valence-electron chi connectivity index (χ3n) is 5.91. The number of aliphatic hydroxyl groups excluding tert-OH is 1. The fourth-order valence-corrected chi connectivity index (χ4v) is 4.08. The van der Waals surface area contributed by atoms with Gasteiger partial charge in [-0.1, -0.05) is 30.3 Å². The van der Waals surface area contributed by atoms with Gasteiger partial charge >= 0.3 is 0 Å². The monoisotopic (exact) mass is 381 g/mol. The van der Waals surface area contributed by atoms with Gasteiger partial charge in [-0.05, 0) is 38.7 Å². The summed E-state index contributed by atoms with van der Waals surface area (Å²) in [6.45, 7) is 5.27. The Balaban J connectivity index is 1.60. The number of fused-ring (bicyclic) bond motifs is 2. The van der Waals surface area contributed by atoms with Crippen LogP contribution in [0.15, 0.2) is 36.5 Å². The molecule has 6 nitrogen and oxygen atoms in total. The van der Waals surface area contributed by atoms with Crippen LogP contribution in [0.4, 0.5) is 0 Å². The van der Waals surface area contributed by atoms with Gasteiger partial charge in [0.2, 0.25) is 5.91 Å². The van der Waals surface area contributed by atoms with E-state index in [-0.39, 0.29) is 12.5 Å². The van der Waals surface area contributed by atoms with Gasteiger partial charge in [0, 0.05) is 24.8 Å². The first-order valence-electron chi connectivity index (χ1n) is 9.91. The van der Waals surface area contributed by atoms with Gasteiger partial charge in [0.25, 0.3) is 0 Å². The number of aliphatic hydroxyl groups is 1. The summed E-state index contributed by atoms with van der Waals surface area (Å²) in [6.07, 6.45) is 4.16. The van der Waals surface area contributed by atoms with Crippen molar-refractivity contribution in [3.63, 3.8) is 0 Å². The number of nitrogens with zero attached hydrogens (tertiary/aromatic N) is 3. The second kappa shape index (κ2) is 7.26. The highest BCUT2D eigenvalue weighted by Gasteiger charge is 2.44. The van der Waals surface area contributed by atoms with Crippen molar-refractivity contribution in [1.29, 1.82) is 0 Å². The molecule has 1 N–H and O–H groups in total. The molecule has 0 saturated carbocycles. The predicted molar refractivity (Wildman–Crippen MR) is 105 cm³/mol. The Morgan fingerprint density at radius 1 is 1.25 bits per heavy atom. The van der Waals surface area contributed by atoms with Crippen molar-refractivity contribution >= 4 is 5.91 Å². The molecular formula is C22H27N3O3. The van der Waals surface area contributed by atoms with E-state index in [4.69, 9.17) is 9.72 Å². The molecule has 0 atom stereocenters. The topological polar surface area (TPSA) is 75.5 Å². The van der Waals surface area contributed by atoms with Crippen molar-refractivity contribution in [1.82, 2.24) is 14.9 Å². The normalized spacial score (nSPS) is 18.8. The van der Waals surface area contributed by atoms with Crippen molar-refractivity contribution in [2.45, 2.75) is 38.7 Å². The van der Waals surface area contributed by atoms with E-state index in [2.05, 4.69) is 4.98 Å². The van der Waals surface area contributed by atoms with Crippen LogP contribution in [0.3, 0.4) is 0 Å². The minimum Gasteiger partial charge on any atom is -0.395 e. The summed E-state index contributed by atoms with van der Waals surface area (Å²) in [5.41, 5.74) is 1.89. The van der Waals surface area contributed by atoms with Gasteiger partial charge in [-0.2, -0.15) is 0 Å². The molecule has 0 aliphatic carbocycles. The lowest BCUT2D eigenvalue weighted by atomic mass is 9.82. The Bertz CT molecular complexity index is 859. The molecule has 6 heteroatoms. The van der Waals surface area contributed by atoms with E-state index in [0.29, 0.717) is 38.4 Å². The van der Waals surface area contributed by atoms with E-state index in [1.807, 2.05) is 41.4 Å². The van der Waals surface area contributed by atoms with Crippen LogP contribution in [0.5, 0.6) is 0 Å². The van der Waals surface area contributed by atoms with Crippen LogP contribution < -0.4 is 0 Å². The standard InChI is InChI=1S/C22H27N3O3/c1-21(2,15-26)20(27)25-11-9-22(10-12-25)18-17(8-13-28-22)14-23-19(24-18)16-6-4-3-5-7-16/h3-7,14,26H,8-13,15H2,1-2H3. The van der Waals surface area contributed by atoms with Gasteiger partial charge in [-0.15, -0.1) is 0 Å². The number of benzene rings is 1. The number of ether oxygens (including phenoxy) is 1. The van der Waals surface area contributed by atoms with E-state index in [1.54, 1.807) is 13.8 Å². The van der Waals surface area contributed by atoms with Gasteiger partial charge in [0.05, 0.1) is 24.3 Å². The van der Waals surface area contributed by atoms with E-state index >= 15 is 0 Å². The Morgan fingerprint density at radius 3 is 2.64 bits per heavy atom. The van der Waals surface area contributed by atoms with Gasteiger partial charge in [0.15, 0.2) is 5.82 Å². The Hall–Kier alpha value is -2.31. The molecule has 1 aromatic carbocycles.